The van der Waals surface area contributed by atoms with Crippen molar-refractivity contribution < 1.29 is 4.74 Å². The molecule has 0 saturated carbocycles. The third-order valence-corrected chi connectivity index (χ3v) is 2.45. The standard InChI is InChI=1S/C11H25NO/c1-5-13-8-6-7-12-9-11(4)10(2)3/h10-12H,5-9H2,1-4H3. The van der Waals surface area contributed by atoms with Gasteiger partial charge >= 0.3 is 0 Å². The minimum absolute atomic E-state index is 0.770. The van der Waals surface area contributed by atoms with Gasteiger partial charge in [0.2, 0.25) is 0 Å². The Balaban J connectivity index is 3.07. The molecule has 0 aliphatic heterocycles. The summed E-state index contributed by atoms with van der Waals surface area (Å²) in [6, 6.07) is 0. The van der Waals surface area contributed by atoms with Gasteiger partial charge in [0, 0.05) is 13.2 Å². The van der Waals surface area contributed by atoms with Crippen LogP contribution in [0, 0.1) is 11.8 Å². The van der Waals surface area contributed by atoms with Gasteiger partial charge < -0.3 is 10.1 Å². The molecule has 0 saturated heterocycles. The van der Waals surface area contributed by atoms with Crippen LogP contribution >= 0.6 is 0 Å². The van der Waals surface area contributed by atoms with Crippen molar-refractivity contribution in [2.75, 3.05) is 26.3 Å². The Morgan fingerprint density at radius 2 is 1.92 bits per heavy atom. The highest BCUT2D eigenvalue weighted by Crippen LogP contribution is 2.07. The summed E-state index contributed by atoms with van der Waals surface area (Å²) in [5.74, 6) is 1.55. The molecule has 1 unspecified atom stereocenters. The second kappa shape index (κ2) is 8.52. The number of ether oxygens (including phenoxy) is 1. The quantitative estimate of drug-likeness (QED) is 0.589. The molecule has 0 rings (SSSR count). The van der Waals surface area contributed by atoms with E-state index in [1.807, 2.05) is 6.92 Å². The van der Waals surface area contributed by atoms with Crippen LogP contribution in [0.15, 0.2) is 0 Å². The van der Waals surface area contributed by atoms with E-state index in [2.05, 4.69) is 26.1 Å². The van der Waals surface area contributed by atoms with Crippen molar-refractivity contribution in [2.24, 2.45) is 11.8 Å². The highest BCUT2D eigenvalue weighted by atomic mass is 16.5. The molecule has 0 bridgehead atoms. The summed E-state index contributed by atoms with van der Waals surface area (Å²) >= 11 is 0. The first-order chi connectivity index (χ1) is 6.18. The maximum absolute atomic E-state index is 5.25. The van der Waals surface area contributed by atoms with E-state index in [9.17, 15) is 0 Å². The van der Waals surface area contributed by atoms with E-state index in [4.69, 9.17) is 4.74 Å². The summed E-state index contributed by atoms with van der Waals surface area (Å²) in [5.41, 5.74) is 0. The maximum Gasteiger partial charge on any atom is 0.0477 e. The van der Waals surface area contributed by atoms with E-state index in [0.29, 0.717) is 0 Å². The fourth-order valence-electron chi connectivity index (χ4n) is 1.01. The summed E-state index contributed by atoms with van der Waals surface area (Å²) in [5, 5.41) is 3.45. The van der Waals surface area contributed by atoms with Crippen molar-refractivity contribution in [3.63, 3.8) is 0 Å². The number of hydrogen-bond donors (Lipinski definition) is 1. The molecule has 0 aliphatic rings. The predicted octanol–water partition coefficient (Wildman–Crippen LogP) is 2.29. The molecule has 0 spiro atoms. The summed E-state index contributed by atoms with van der Waals surface area (Å²) in [7, 11) is 0. The van der Waals surface area contributed by atoms with Crippen LogP contribution in [0.1, 0.15) is 34.1 Å². The SMILES string of the molecule is CCOCCCNCC(C)C(C)C. The first kappa shape index (κ1) is 12.9. The van der Waals surface area contributed by atoms with Gasteiger partial charge in [-0.15, -0.1) is 0 Å². The van der Waals surface area contributed by atoms with Crippen LogP contribution in [0.5, 0.6) is 0 Å². The van der Waals surface area contributed by atoms with Gasteiger partial charge in [-0.2, -0.15) is 0 Å². The van der Waals surface area contributed by atoms with Crippen LogP contribution in [0.2, 0.25) is 0 Å². The number of hydrogen-bond acceptors (Lipinski definition) is 2. The molecule has 0 radical (unpaired) electrons. The van der Waals surface area contributed by atoms with Crippen molar-refractivity contribution in [3.05, 3.63) is 0 Å². The predicted molar refractivity (Wildman–Crippen MR) is 58.0 cm³/mol. The molecule has 0 aliphatic carbocycles. The molecule has 13 heavy (non-hydrogen) atoms. The molecule has 0 aromatic heterocycles. The van der Waals surface area contributed by atoms with Crippen molar-refractivity contribution in [1.82, 2.24) is 5.32 Å². The van der Waals surface area contributed by atoms with Gasteiger partial charge in [-0.25, -0.2) is 0 Å². The van der Waals surface area contributed by atoms with Crippen molar-refractivity contribution in [2.45, 2.75) is 34.1 Å². The minimum Gasteiger partial charge on any atom is -0.382 e. The lowest BCUT2D eigenvalue weighted by atomic mass is 9.98. The van der Waals surface area contributed by atoms with Crippen LogP contribution in [-0.2, 0) is 4.74 Å². The lowest BCUT2D eigenvalue weighted by molar-refractivity contribution is 0.144. The summed E-state index contributed by atoms with van der Waals surface area (Å²) < 4.78 is 5.25. The summed E-state index contributed by atoms with van der Waals surface area (Å²) in [4.78, 5) is 0. The molecule has 0 heterocycles. The van der Waals surface area contributed by atoms with Gasteiger partial charge in [-0.3, -0.25) is 0 Å². The summed E-state index contributed by atoms with van der Waals surface area (Å²) in [6.45, 7) is 12.8. The Bertz CT molecular complexity index is 104. The van der Waals surface area contributed by atoms with Crippen molar-refractivity contribution in [1.29, 1.82) is 0 Å². The van der Waals surface area contributed by atoms with E-state index >= 15 is 0 Å². The molecular formula is C11H25NO. The minimum atomic E-state index is 0.770. The van der Waals surface area contributed by atoms with E-state index in [1.165, 1.54) is 0 Å². The van der Waals surface area contributed by atoms with Gasteiger partial charge in [0.1, 0.15) is 0 Å². The molecule has 2 heteroatoms. The van der Waals surface area contributed by atoms with Gasteiger partial charge in [0.25, 0.3) is 0 Å². The van der Waals surface area contributed by atoms with E-state index in [1.54, 1.807) is 0 Å². The Morgan fingerprint density at radius 1 is 1.23 bits per heavy atom. The zero-order valence-corrected chi connectivity index (χ0v) is 9.60. The van der Waals surface area contributed by atoms with Gasteiger partial charge in [0.05, 0.1) is 0 Å². The third-order valence-electron chi connectivity index (χ3n) is 2.45. The summed E-state index contributed by atoms with van der Waals surface area (Å²) in [6.07, 6.45) is 1.12. The molecule has 1 N–H and O–H groups in total. The monoisotopic (exact) mass is 187 g/mol. The molecule has 80 valence electrons. The van der Waals surface area contributed by atoms with Crippen molar-refractivity contribution in [3.8, 4) is 0 Å². The average molecular weight is 187 g/mol. The van der Waals surface area contributed by atoms with Gasteiger partial charge in [-0.05, 0) is 38.3 Å². The molecule has 2 nitrogen and oxygen atoms in total. The van der Waals surface area contributed by atoms with Crippen LogP contribution in [0.3, 0.4) is 0 Å². The lowest BCUT2D eigenvalue weighted by Gasteiger charge is -2.15. The Labute approximate surface area is 83.1 Å². The van der Waals surface area contributed by atoms with Gasteiger partial charge in [0.15, 0.2) is 0 Å². The zero-order valence-electron chi connectivity index (χ0n) is 9.60. The zero-order chi connectivity index (χ0) is 10.1. The lowest BCUT2D eigenvalue weighted by Crippen LogP contribution is -2.25. The normalized spacial score (nSPS) is 13.6. The average Bonchev–Trinajstić information content (AvgIpc) is 2.10. The van der Waals surface area contributed by atoms with E-state index in [-0.39, 0.29) is 0 Å². The molecule has 0 amide bonds. The molecule has 0 aromatic rings. The third kappa shape index (κ3) is 8.26. The topological polar surface area (TPSA) is 21.3 Å². The Kier molecular flexibility index (Phi) is 8.46. The number of nitrogens with one attached hydrogen (secondary N) is 1. The first-order valence-corrected chi connectivity index (χ1v) is 5.47. The van der Waals surface area contributed by atoms with Gasteiger partial charge in [-0.1, -0.05) is 20.8 Å². The first-order valence-electron chi connectivity index (χ1n) is 5.47. The Morgan fingerprint density at radius 3 is 2.46 bits per heavy atom. The second-order valence-electron chi connectivity index (χ2n) is 3.98. The van der Waals surface area contributed by atoms with Crippen LogP contribution in [-0.4, -0.2) is 26.3 Å². The molecule has 1 atom stereocenters. The largest absolute Gasteiger partial charge is 0.382 e. The molecule has 0 aromatic carbocycles. The van der Waals surface area contributed by atoms with Crippen LogP contribution in [0.25, 0.3) is 0 Å². The highest BCUT2D eigenvalue weighted by molar-refractivity contribution is 4.60. The Hall–Kier alpha value is -0.0800. The second-order valence-corrected chi connectivity index (χ2v) is 3.98. The van der Waals surface area contributed by atoms with E-state index in [0.717, 1.165) is 44.6 Å². The fourth-order valence-corrected chi connectivity index (χ4v) is 1.01. The smallest absolute Gasteiger partial charge is 0.0477 e. The highest BCUT2D eigenvalue weighted by Gasteiger charge is 2.04. The molecular weight excluding hydrogens is 162 g/mol. The number of rotatable bonds is 8. The van der Waals surface area contributed by atoms with Crippen molar-refractivity contribution >= 4 is 0 Å². The van der Waals surface area contributed by atoms with Crippen LogP contribution in [0.4, 0.5) is 0 Å². The molecule has 0 fully saturated rings. The van der Waals surface area contributed by atoms with E-state index < -0.39 is 0 Å². The fraction of sp³-hybridized carbons (Fsp3) is 1.00. The maximum atomic E-state index is 5.25. The van der Waals surface area contributed by atoms with Crippen LogP contribution < -0.4 is 5.32 Å².